The summed E-state index contributed by atoms with van der Waals surface area (Å²) in [5, 5.41) is 3.08. The maximum atomic E-state index is 12.1. The Labute approximate surface area is 152 Å². The molecule has 2 fully saturated rings. The zero-order chi connectivity index (χ0) is 17.5. The largest absolute Gasteiger partial charge is 0.352 e. The van der Waals surface area contributed by atoms with E-state index >= 15 is 0 Å². The van der Waals surface area contributed by atoms with E-state index in [1.807, 2.05) is 0 Å². The molecule has 4 heteroatoms. The van der Waals surface area contributed by atoms with Gasteiger partial charge >= 0.3 is 0 Å². The van der Waals surface area contributed by atoms with Gasteiger partial charge in [-0.2, -0.15) is 0 Å². The molecule has 0 unspecified atom stereocenters. The van der Waals surface area contributed by atoms with E-state index in [0.29, 0.717) is 19.0 Å². The van der Waals surface area contributed by atoms with Gasteiger partial charge in [-0.15, -0.1) is 0 Å². The van der Waals surface area contributed by atoms with Crippen molar-refractivity contribution in [1.82, 2.24) is 15.1 Å². The van der Waals surface area contributed by atoms with Gasteiger partial charge in [-0.3, -0.25) is 9.69 Å². The van der Waals surface area contributed by atoms with Crippen LogP contribution in [0.3, 0.4) is 0 Å². The summed E-state index contributed by atoms with van der Waals surface area (Å²) in [7, 11) is 2.19. The van der Waals surface area contributed by atoms with Gasteiger partial charge in [0.2, 0.25) is 5.91 Å². The molecule has 1 aromatic carbocycles. The summed E-state index contributed by atoms with van der Waals surface area (Å²) >= 11 is 0. The molecule has 1 aromatic rings. The molecule has 3 rings (SSSR count). The first-order valence-corrected chi connectivity index (χ1v) is 9.98. The molecule has 25 heavy (non-hydrogen) atoms. The first kappa shape index (κ1) is 18.4. The number of carbonyl (C=O) groups excluding carboxylic acids is 1. The Balaban J connectivity index is 1.36. The fourth-order valence-electron chi connectivity index (χ4n) is 4.06. The molecule has 1 N–H and O–H groups in total. The van der Waals surface area contributed by atoms with E-state index in [1.54, 1.807) is 0 Å². The number of likely N-dealkylation sites (tertiary alicyclic amines) is 2. The van der Waals surface area contributed by atoms with Crippen LogP contribution < -0.4 is 5.32 Å². The minimum atomic E-state index is 0.181. The van der Waals surface area contributed by atoms with E-state index in [9.17, 15) is 4.79 Å². The monoisotopic (exact) mass is 343 g/mol. The zero-order valence-corrected chi connectivity index (χ0v) is 15.7. The lowest BCUT2D eigenvalue weighted by Crippen LogP contribution is -2.37. The quantitative estimate of drug-likeness (QED) is 0.826. The number of hydrogen-bond donors (Lipinski definition) is 1. The molecule has 138 valence electrons. The highest BCUT2D eigenvalue weighted by molar-refractivity contribution is 5.75. The zero-order valence-electron chi connectivity index (χ0n) is 15.7. The summed E-state index contributed by atoms with van der Waals surface area (Å²) in [5.41, 5.74) is 2.56. The molecule has 0 radical (unpaired) electrons. The van der Waals surface area contributed by atoms with Crippen molar-refractivity contribution in [3.8, 4) is 0 Å². The van der Waals surface area contributed by atoms with E-state index in [-0.39, 0.29) is 5.91 Å². The molecule has 0 aromatic heterocycles. The summed E-state index contributed by atoms with van der Waals surface area (Å²) in [4.78, 5) is 17.1. The van der Waals surface area contributed by atoms with Gasteiger partial charge in [-0.1, -0.05) is 30.7 Å². The molecule has 0 aliphatic carbocycles. The second kappa shape index (κ2) is 9.35. The summed E-state index contributed by atoms with van der Waals surface area (Å²) in [5.74, 6) is 0.181. The minimum absolute atomic E-state index is 0.181. The van der Waals surface area contributed by atoms with Gasteiger partial charge in [0.05, 0.1) is 0 Å². The molecule has 2 aliphatic rings. The maximum absolute atomic E-state index is 12.1. The number of piperidine rings is 1. The second-order valence-corrected chi connectivity index (χ2v) is 7.75. The fourth-order valence-corrected chi connectivity index (χ4v) is 4.06. The van der Waals surface area contributed by atoms with Gasteiger partial charge in [0.15, 0.2) is 0 Å². The number of amides is 1. The van der Waals surface area contributed by atoms with Crippen LogP contribution in [-0.4, -0.2) is 48.4 Å². The van der Waals surface area contributed by atoms with E-state index < -0.39 is 0 Å². The van der Waals surface area contributed by atoms with Crippen LogP contribution in [0.4, 0.5) is 0 Å². The smallest absolute Gasteiger partial charge is 0.220 e. The molecule has 4 nitrogen and oxygen atoms in total. The van der Waals surface area contributed by atoms with Crippen LogP contribution in [0.15, 0.2) is 24.3 Å². The number of hydrogen-bond acceptors (Lipinski definition) is 3. The first-order chi connectivity index (χ1) is 12.2. The highest BCUT2D eigenvalue weighted by Gasteiger charge is 2.19. The number of nitrogens with zero attached hydrogens (tertiary/aromatic N) is 2. The summed E-state index contributed by atoms with van der Waals surface area (Å²) in [6, 6.07) is 9.30. The van der Waals surface area contributed by atoms with Gasteiger partial charge < -0.3 is 10.2 Å². The standard InChI is InChI=1S/C21H33N3O/c1-23-13-3-2-6-20(23)11-12-21(25)22-16-18-7-9-19(10-8-18)17-24-14-4-5-15-24/h7-10,20H,2-6,11-17H2,1H3,(H,22,25)/t20-/m1/s1. The third-order valence-corrected chi connectivity index (χ3v) is 5.74. The van der Waals surface area contributed by atoms with E-state index in [4.69, 9.17) is 0 Å². The lowest BCUT2D eigenvalue weighted by molar-refractivity contribution is -0.121. The molecule has 2 saturated heterocycles. The Morgan fingerprint density at radius 2 is 1.72 bits per heavy atom. The number of benzene rings is 1. The lowest BCUT2D eigenvalue weighted by Gasteiger charge is -2.32. The van der Waals surface area contributed by atoms with Crippen LogP contribution in [0, 0.1) is 0 Å². The average Bonchev–Trinajstić information content (AvgIpc) is 3.13. The topological polar surface area (TPSA) is 35.6 Å². The van der Waals surface area contributed by atoms with Crippen LogP contribution in [0.2, 0.25) is 0 Å². The number of carbonyl (C=O) groups is 1. The van der Waals surface area contributed by atoms with Crippen molar-refractivity contribution in [1.29, 1.82) is 0 Å². The van der Waals surface area contributed by atoms with Crippen molar-refractivity contribution in [3.63, 3.8) is 0 Å². The summed E-state index contributed by atoms with van der Waals surface area (Å²) in [6.45, 7) is 5.34. The Morgan fingerprint density at radius 3 is 2.44 bits per heavy atom. The van der Waals surface area contributed by atoms with Gasteiger partial charge in [-0.05, 0) is 69.9 Å². The van der Waals surface area contributed by atoms with E-state index in [2.05, 4.69) is 46.4 Å². The van der Waals surface area contributed by atoms with Crippen molar-refractivity contribution >= 4 is 5.91 Å². The number of nitrogens with one attached hydrogen (secondary N) is 1. The van der Waals surface area contributed by atoms with Gasteiger partial charge in [0.25, 0.3) is 0 Å². The number of rotatable bonds is 7. The molecule has 0 bridgehead atoms. The molecular weight excluding hydrogens is 310 g/mol. The SMILES string of the molecule is CN1CCCC[C@@H]1CCC(=O)NCc1ccc(CN2CCCC2)cc1. The van der Waals surface area contributed by atoms with Crippen LogP contribution in [0.5, 0.6) is 0 Å². The third kappa shape index (κ3) is 5.82. The Morgan fingerprint density at radius 1 is 1.04 bits per heavy atom. The van der Waals surface area contributed by atoms with Crippen LogP contribution in [0.25, 0.3) is 0 Å². The van der Waals surface area contributed by atoms with Crippen LogP contribution >= 0.6 is 0 Å². The molecule has 1 amide bonds. The Hall–Kier alpha value is -1.39. The predicted octanol–water partition coefficient (Wildman–Crippen LogP) is 3.16. The van der Waals surface area contributed by atoms with Crippen molar-refractivity contribution in [2.24, 2.45) is 0 Å². The molecule has 2 aliphatic heterocycles. The van der Waals surface area contributed by atoms with Crippen molar-refractivity contribution in [2.45, 2.75) is 64.1 Å². The molecule has 1 atom stereocenters. The highest BCUT2D eigenvalue weighted by Crippen LogP contribution is 2.19. The van der Waals surface area contributed by atoms with Crippen molar-refractivity contribution in [3.05, 3.63) is 35.4 Å². The summed E-state index contributed by atoms with van der Waals surface area (Å²) in [6.07, 6.45) is 8.14. The third-order valence-electron chi connectivity index (χ3n) is 5.74. The van der Waals surface area contributed by atoms with Crippen molar-refractivity contribution < 1.29 is 4.79 Å². The van der Waals surface area contributed by atoms with E-state index in [1.165, 1.54) is 62.9 Å². The molecular formula is C21H33N3O. The second-order valence-electron chi connectivity index (χ2n) is 7.75. The predicted molar refractivity (Wildman–Crippen MR) is 102 cm³/mol. The lowest BCUT2D eigenvalue weighted by atomic mass is 9.98. The van der Waals surface area contributed by atoms with Crippen LogP contribution in [0.1, 0.15) is 56.1 Å². The Bertz CT molecular complexity index is 537. The van der Waals surface area contributed by atoms with Gasteiger partial charge in [-0.25, -0.2) is 0 Å². The molecule has 0 spiro atoms. The molecule has 2 heterocycles. The molecule has 0 saturated carbocycles. The summed E-state index contributed by atoms with van der Waals surface area (Å²) < 4.78 is 0. The van der Waals surface area contributed by atoms with Crippen LogP contribution in [-0.2, 0) is 17.9 Å². The average molecular weight is 344 g/mol. The Kier molecular flexibility index (Phi) is 6.88. The fraction of sp³-hybridized carbons (Fsp3) is 0.667. The first-order valence-electron chi connectivity index (χ1n) is 9.98. The normalized spacial score (nSPS) is 22.2. The highest BCUT2D eigenvalue weighted by atomic mass is 16.1. The van der Waals surface area contributed by atoms with Crippen molar-refractivity contribution in [2.75, 3.05) is 26.7 Å². The van der Waals surface area contributed by atoms with Gasteiger partial charge in [0.1, 0.15) is 0 Å². The minimum Gasteiger partial charge on any atom is -0.352 e. The maximum Gasteiger partial charge on any atom is 0.220 e. The van der Waals surface area contributed by atoms with Gasteiger partial charge in [0, 0.05) is 25.6 Å². The van der Waals surface area contributed by atoms with E-state index in [0.717, 1.165) is 13.0 Å².